The summed E-state index contributed by atoms with van der Waals surface area (Å²) < 4.78 is 16.6. The first-order valence-electron chi connectivity index (χ1n) is 12.8. The van der Waals surface area contributed by atoms with E-state index in [9.17, 15) is 9.59 Å². The predicted octanol–water partition coefficient (Wildman–Crippen LogP) is 3.65. The second kappa shape index (κ2) is 10.9. The smallest absolute Gasteiger partial charge is 0.274 e. The number of rotatable bonds is 8. The van der Waals surface area contributed by atoms with Gasteiger partial charge in [0.1, 0.15) is 23.3 Å². The number of anilines is 2. The molecule has 0 aliphatic carbocycles. The number of pyridine rings is 1. The van der Waals surface area contributed by atoms with E-state index in [2.05, 4.69) is 25.7 Å². The minimum atomic E-state index is -0.320. The van der Waals surface area contributed by atoms with Crippen LogP contribution in [0.15, 0.2) is 53.2 Å². The third-order valence-corrected chi connectivity index (χ3v) is 6.68. The number of ether oxygens (including phenoxy) is 2. The van der Waals surface area contributed by atoms with Crippen molar-refractivity contribution in [2.45, 2.75) is 51.2 Å². The molecule has 2 fully saturated rings. The van der Waals surface area contributed by atoms with Crippen LogP contribution in [0, 0.1) is 0 Å². The van der Waals surface area contributed by atoms with Crippen LogP contribution in [-0.2, 0) is 21.4 Å². The monoisotopic (exact) mass is 519 g/mol. The molecule has 0 spiro atoms. The lowest BCUT2D eigenvalue weighted by atomic mass is 9.93. The zero-order valence-electron chi connectivity index (χ0n) is 21.9. The highest BCUT2D eigenvalue weighted by molar-refractivity contribution is 6.02. The number of hydrogen-bond donors (Lipinski definition) is 2. The molecule has 4 heterocycles. The molecular weight excluding hydrogens is 486 g/mol. The Morgan fingerprint density at radius 2 is 1.89 bits per heavy atom. The lowest BCUT2D eigenvalue weighted by Crippen LogP contribution is -2.48. The predicted molar refractivity (Wildman–Crippen MR) is 141 cm³/mol. The Morgan fingerprint density at radius 3 is 2.53 bits per heavy atom. The Bertz CT molecular complexity index is 1260. The summed E-state index contributed by atoms with van der Waals surface area (Å²) in [4.78, 5) is 31.7. The van der Waals surface area contributed by atoms with Gasteiger partial charge in [-0.05, 0) is 36.2 Å². The van der Waals surface area contributed by atoms with Gasteiger partial charge in [0.25, 0.3) is 5.91 Å². The molecule has 10 nitrogen and oxygen atoms in total. The van der Waals surface area contributed by atoms with Crippen LogP contribution in [0.2, 0.25) is 0 Å². The summed E-state index contributed by atoms with van der Waals surface area (Å²) in [5.41, 5.74) is 1.52. The standard InChI is InChI=1S/C28H33N5O5/c1-28(2,3)24-13-25(32-38-24)31-26(34)12-18-4-6-19(7-5-18)30-27(35)23-9-8-21(14-29-23)37-22-10-11-33(15-22)20-16-36-17-20/h4-9,13-14,20,22H,10-12,15-17H2,1-3H3,(H,30,35)(H,31,32,34). The Labute approximate surface area is 221 Å². The van der Waals surface area contributed by atoms with Crippen molar-refractivity contribution in [2.75, 3.05) is 36.9 Å². The van der Waals surface area contributed by atoms with Gasteiger partial charge in [-0.2, -0.15) is 0 Å². The van der Waals surface area contributed by atoms with Crippen LogP contribution >= 0.6 is 0 Å². The summed E-state index contributed by atoms with van der Waals surface area (Å²) in [5, 5.41) is 9.50. The topological polar surface area (TPSA) is 119 Å². The van der Waals surface area contributed by atoms with E-state index in [1.165, 1.54) is 0 Å². The van der Waals surface area contributed by atoms with Gasteiger partial charge < -0.3 is 24.6 Å². The fourth-order valence-electron chi connectivity index (χ4n) is 4.35. The van der Waals surface area contributed by atoms with Crippen LogP contribution < -0.4 is 15.4 Å². The third kappa shape index (κ3) is 6.38. The van der Waals surface area contributed by atoms with E-state index in [4.69, 9.17) is 14.0 Å². The lowest BCUT2D eigenvalue weighted by molar-refractivity contribution is -0.115. The van der Waals surface area contributed by atoms with E-state index in [0.29, 0.717) is 34.8 Å². The summed E-state index contributed by atoms with van der Waals surface area (Å²) in [7, 11) is 0. The fraction of sp³-hybridized carbons (Fsp3) is 0.429. The molecule has 2 amide bonds. The van der Waals surface area contributed by atoms with Crippen LogP contribution in [0.25, 0.3) is 0 Å². The van der Waals surface area contributed by atoms with E-state index in [1.807, 2.05) is 20.8 Å². The van der Waals surface area contributed by atoms with Gasteiger partial charge in [-0.3, -0.25) is 14.5 Å². The summed E-state index contributed by atoms with van der Waals surface area (Å²) in [6.45, 7) is 9.53. The zero-order valence-corrected chi connectivity index (χ0v) is 21.9. The van der Waals surface area contributed by atoms with Gasteiger partial charge in [0.15, 0.2) is 5.82 Å². The Hall–Kier alpha value is -3.76. The van der Waals surface area contributed by atoms with Crippen LogP contribution in [0.1, 0.15) is 49.0 Å². The molecule has 1 aromatic carbocycles. The highest BCUT2D eigenvalue weighted by Crippen LogP contribution is 2.25. The number of benzene rings is 1. The van der Waals surface area contributed by atoms with Crippen molar-refractivity contribution in [2.24, 2.45) is 0 Å². The summed E-state index contributed by atoms with van der Waals surface area (Å²) in [5.74, 6) is 1.22. The molecule has 1 unspecified atom stereocenters. The second-order valence-corrected chi connectivity index (χ2v) is 10.8. The maximum atomic E-state index is 12.7. The third-order valence-electron chi connectivity index (χ3n) is 6.68. The molecule has 2 aliphatic rings. The maximum absolute atomic E-state index is 12.7. The van der Waals surface area contributed by atoms with Gasteiger partial charge in [-0.15, -0.1) is 0 Å². The molecule has 2 saturated heterocycles. The molecule has 0 radical (unpaired) electrons. The molecule has 3 aromatic rings. The highest BCUT2D eigenvalue weighted by Gasteiger charge is 2.33. The van der Waals surface area contributed by atoms with E-state index in [0.717, 1.165) is 38.3 Å². The van der Waals surface area contributed by atoms with E-state index in [1.54, 1.807) is 48.7 Å². The number of aromatic nitrogens is 2. The summed E-state index contributed by atoms with van der Waals surface area (Å²) >= 11 is 0. The molecule has 10 heteroatoms. The Kier molecular flexibility index (Phi) is 7.44. The molecule has 1 atom stereocenters. The van der Waals surface area contributed by atoms with Crippen LogP contribution in [0.3, 0.4) is 0 Å². The van der Waals surface area contributed by atoms with E-state index in [-0.39, 0.29) is 29.8 Å². The van der Waals surface area contributed by atoms with Crippen LogP contribution in [0.4, 0.5) is 11.5 Å². The number of amides is 2. The first-order valence-corrected chi connectivity index (χ1v) is 12.8. The molecular formula is C28H33N5O5. The molecule has 200 valence electrons. The summed E-state index contributed by atoms with van der Waals surface area (Å²) in [6, 6.07) is 12.8. The van der Waals surface area contributed by atoms with Crippen LogP contribution in [0.5, 0.6) is 5.75 Å². The van der Waals surface area contributed by atoms with Crippen molar-refractivity contribution in [1.82, 2.24) is 15.0 Å². The first kappa shape index (κ1) is 25.9. The van der Waals surface area contributed by atoms with Crippen molar-refractivity contribution in [3.63, 3.8) is 0 Å². The molecule has 0 bridgehead atoms. The van der Waals surface area contributed by atoms with Crippen molar-refractivity contribution in [1.29, 1.82) is 0 Å². The fourth-order valence-corrected chi connectivity index (χ4v) is 4.35. The van der Waals surface area contributed by atoms with Crippen molar-refractivity contribution in [3.05, 3.63) is 65.7 Å². The maximum Gasteiger partial charge on any atom is 0.274 e. The minimum absolute atomic E-state index is 0.120. The molecule has 38 heavy (non-hydrogen) atoms. The minimum Gasteiger partial charge on any atom is -0.487 e. The SMILES string of the molecule is CC(C)(C)c1cc(NC(=O)Cc2ccc(NC(=O)c3ccc(OC4CCN(C5COC5)C4)cn3)cc2)no1. The van der Waals surface area contributed by atoms with Gasteiger partial charge in [-0.1, -0.05) is 38.1 Å². The van der Waals surface area contributed by atoms with Gasteiger partial charge in [0.05, 0.1) is 31.9 Å². The van der Waals surface area contributed by atoms with Gasteiger partial charge in [0.2, 0.25) is 5.91 Å². The average Bonchev–Trinajstić information content (AvgIpc) is 3.49. The average molecular weight is 520 g/mol. The van der Waals surface area contributed by atoms with Crippen molar-refractivity contribution >= 4 is 23.3 Å². The van der Waals surface area contributed by atoms with E-state index < -0.39 is 0 Å². The zero-order chi connectivity index (χ0) is 26.7. The molecule has 0 saturated carbocycles. The Morgan fingerprint density at radius 1 is 1.11 bits per heavy atom. The van der Waals surface area contributed by atoms with Crippen molar-refractivity contribution < 1.29 is 23.6 Å². The van der Waals surface area contributed by atoms with E-state index >= 15 is 0 Å². The normalized spacial score (nSPS) is 18.1. The largest absolute Gasteiger partial charge is 0.487 e. The summed E-state index contributed by atoms with van der Waals surface area (Å²) in [6.07, 6.45) is 2.84. The Balaban J connectivity index is 1.08. The quantitative estimate of drug-likeness (QED) is 0.463. The van der Waals surface area contributed by atoms with Gasteiger partial charge in [-0.25, -0.2) is 4.98 Å². The number of carbonyl (C=O) groups excluding carboxylic acids is 2. The molecule has 2 N–H and O–H groups in total. The second-order valence-electron chi connectivity index (χ2n) is 10.8. The number of likely N-dealkylation sites (tertiary alicyclic amines) is 1. The molecule has 2 aromatic heterocycles. The van der Waals surface area contributed by atoms with Gasteiger partial charge >= 0.3 is 0 Å². The number of carbonyl (C=O) groups is 2. The number of nitrogens with zero attached hydrogens (tertiary/aromatic N) is 3. The van der Waals surface area contributed by atoms with Gasteiger partial charge in [0, 0.05) is 30.3 Å². The molecule has 5 rings (SSSR count). The molecule has 2 aliphatic heterocycles. The van der Waals surface area contributed by atoms with Crippen molar-refractivity contribution in [3.8, 4) is 5.75 Å². The first-order chi connectivity index (χ1) is 18.2. The number of hydrogen-bond acceptors (Lipinski definition) is 8. The lowest BCUT2D eigenvalue weighted by Gasteiger charge is -2.34. The highest BCUT2D eigenvalue weighted by atomic mass is 16.5. The number of nitrogens with one attached hydrogen (secondary N) is 2. The van der Waals surface area contributed by atoms with Crippen LogP contribution in [-0.4, -0.2) is 65.3 Å².